The topological polar surface area (TPSA) is 57.5 Å². The van der Waals surface area contributed by atoms with Crippen LogP contribution >= 0.6 is 11.6 Å². The Morgan fingerprint density at radius 1 is 1.17 bits per heavy atom. The number of hydrogen-bond acceptors (Lipinski definition) is 4. The van der Waals surface area contributed by atoms with Gasteiger partial charge in [-0.1, -0.05) is 32.4 Å². The van der Waals surface area contributed by atoms with Gasteiger partial charge in [0, 0.05) is 29.1 Å². The number of halogens is 1. The molecule has 0 saturated heterocycles. The van der Waals surface area contributed by atoms with Crippen LogP contribution in [0.2, 0.25) is 23.2 Å². The van der Waals surface area contributed by atoms with E-state index in [9.17, 15) is 9.59 Å². The molecular formula is C23H32ClNO4Si. The Balaban J connectivity index is 2.33. The second kappa shape index (κ2) is 9.50. The molecule has 0 radical (unpaired) electrons. The fourth-order valence-corrected chi connectivity index (χ4v) is 4.19. The molecular weight excluding hydrogens is 418 g/mol. The van der Waals surface area contributed by atoms with Crippen molar-refractivity contribution in [3.05, 3.63) is 62.5 Å². The Morgan fingerprint density at radius 3 is 2.30 bits per heavy atom. The SMILES string of the molecule is COC(=O)c1cn(-c2ccc(Cl)cc2)c(=O)c(C)c1CCCO[Si](C)(C)C(C)(C)C. The highest BCUT2D eigenvalue weighted by atomic mass is 35.5. The van der Waals surface area contributed by atoms with Crippen LogP contribution in [0.3, 0.4) is 0 Å². The minimum atomic E-state index is -1.84. The summed E-state index contributed by atoms with van der Waals surface area (Å²) in [7, 11) is -0.489. The van der Waals surface area contributed by atoms with E-state index in [0.717, 1.165) is 12.0 Å². The van der Waals surface area contributed by atoms with Gasteiger partial charge in [0.25, 0.3) is 5.56 Å². The lowest BCUT2D eigenvalue weighted by Crippen LogP contribution is -2.41. The van der Waals surface area contributed by atoms with Gasteiger partial charge in [-0.2, -0.15) is 0 Å². The fourth-order valence-electron chi connectivity index (χ4n) is 2.97. The molecule has 0 N–H and O–H groups in total. The van der Waals surface area contributed by atoms with Crippen molar-refractivity contribution in [2.45, 2.75) is 58.7 Å². The van der Waals surface area contributed by atoms with Gasteiger partial charge in [0.15, 0.2) is 8.32 Å². The van der Waals surface area contributed by atoms with E-state index in [1.165, 1.54) is 11.7 Å². The highest BCUT2D eigenvalue weighted by molar-refractivity contribution is 6.74. The number of ether oxygens (including phenoxy) is 1. The molecule has 0 aliphatic carbocycles. The number of carbonyl (C=O) groups excluding carboxylic acids is 1. The van der Waals surface area contributed by atoms with Gasteiger partial charge in [0.1, 0.15) is 0 Å². The molecule has 164 valence electrons. The number of hydrogen-bond donors (Lipinski definition) is 0. The van der Waals surface area contributed by atoms with Crippen molar-refractivity contribution >= 4 is 25.9 Å². The van der Waals surface area contributed by atoms with Gasteiger partial charge < -0.3 is 9.16 Å². The van der Waals surface area contributed by atoms with Crippen molar-refractivity contribution < 1.29 is 14.0 Å². The first kappa shape index (κ1) is 24.4. The molecule has 2 aromatic rings. The molecule has 2 rings (SSSR count). The maximum Gasteiger partial charge on any atom is 0.339 e. The number of aromatic nitrogens is 1. The average molecular weight is 450 g/mol. The van der Waals surface area contributed by atoms with Crippen LogP contribution in [0.5, 0.6) is 0 Å². The molecule has 0 amide bonds. The molecule has 0 saturated carbocycles. The molecule has 0 unspecified atom stereocenters. The molecule has 0 aliphatic rings. The van der Waals surface area contributed by atoms with Gasteiger partial charge in [-0.3, -0.25) is 9.36 Å². The van der Waals surface area contributed by atoms with Gasteiger partial charge >= 0.3 is 5.97 Å². The lowest BCUT2D eigenvalue weighted by Gasteiger charge is -2.36. The number of nitrogens with zero attached hydrogens (tertiary/aromatic N) is 1. The zero-order valence-electron chi connectivity index (χ0n) is 19.0. The number of methoxy groups -OCH3 is 1. The Labute approximate surface area is 185 Å². The maximum atomic E-state index is 13.0. The molecule has 1 aromatic carbocycles. The molecule has 1 aromatic heterocycles. The minimum absolute atomic E-state index is 0.138. The van der Waals surface area contributed by atoms with E-state index in [0.29, 0.717) is 34.9 Å². The van der Waals surface area contributed by atoms with Crippen LogP contribution in [0.25, 0.3) is 5.69 Å². The van der Waals surface area contributed by atoms with Crippen LogP contribution in [-0.4, -0.2) is 32.6 Å². The van der Waals surface area contributed by atoms with E-state index in [-0.39, 0.29) is 10.6 Å². The van der Waals surface area contributed by atoms with Crippen molar-refractivity contribution in [3.8, 4) is 5.69 Å². The quantitative estimate of drug-likeness (QED) is 0.316. The van der Waals surface area contributed by atoms with E-state index >= 15 is 0 Å². The largest absolute Gasteiger partial charge is 0.465 e. The maximum absolute atomic E-state index is 13.0. The molecule has 5 nitrogen and oxygen atoms in total. The molecule has 0 bridgehead atoms. The highest BCUT2D eigenvalue weighted by Crippen LogP contribution is 2.36. The lowest BCUT2D eigenvalue weighted by molar-refractivity contribution is 0.0598. The van der Waals surface area contributed by atoms with Crippen molar-refractivity contribution in [1.82, 2.24) is 4.57 Å². The summed E-state index contributed by atoms with van der Waals surface area (Å²) < 4.78 is 12.7. The second-order valence-corrected chi connectivity index (χ2v) is 14.2. The Morgan fingerprint density at radius 2 is 1.77 bits per heavy atom. The number of pyridine rings is 1. The summed E-state index contributed by atoms with van der Waals surface area (Å²) >= 11 is 5.96. The minimum Gasteiger partial charge on any atom is -0.465 e. The first-order valence-electron chi connectivity index (χ1n) is 10.1. The molecule has 30 heavy (non-hydrogen) atoms. The highest BCUT2D eigenvalue weighted by Gasteiger charge is 2.36. The lowest BCUT2D eigenvalue weighted by atomic mass is 10.00. The summed E-state index contributed by atoms with van der Waals surface area (Å²) in [4.78, 5) is 25.5. The molecule has 0 aliphatic heterocycles. The predicted molar refractivity (Wildman–Crippen MR) is 125 cm³/mol. The first-order valence-corrected chi connectivity index (χ1v) is 13.4. The fraction of sp³-hybridized carbons (Fsp3) is 0.478. The van der Waals surface area contributed by atoms with E-state index in [1.807, 2.05) is 0 Å². The molecule has 7 heteroatoms. The van der Waals surface area contributed by atoms with Crippen molar-refractivity contribution in [1.29, 1.82) is 0 Å². The summed E-state index contributed by atoms with van der Waals surface area (Å²) in [5.41, 5.74) is 2.14. The molecule has 0 fully saturated rings. The Hall–Kier alpha value is -1.89. The summed E-state index contributed by atoms with van der Waals surface area (Å²) in [6.45, 7) is 13.4. The van der Waals surface area contributed by atoms with E-state index in [4.69, 9.17) is 20.8 Å². The predicted octanol–water partition coefficient (Wildman–Crippen LogP) is 5.54. The number of rotatable bonds is 7. The number of benzene rings is 1. The summed E-state index contributed by atoms with van der Waals surface area (Å²) in [6.07, 6.45) is 2.86. The van der Waals surface area contributed by atoms with Crippen LogP contribution in [0, 0.1) is 6.92 Å². The standard InChI is InChI=1S/C23H32ClNO4Si/c1-16-19(9-8-14-29-30(6,7)23(2,3)4)20(22(27)28-5)15-25(21(16)26)18-12-10-17(24)11-13-18/h10-13,15H,8-9,14H2,1-7H3. The van der Waals surface area contributed by atoms with Crippen LogP contribution < -0.4 is 5.56 Å². The van der Waals surface area contributed by atoms with Crippen LogP contribution in [0.1, 0.15) is 48.7 Å². The first-order chi connectivity index (χ1) is 13.9. The zero-order chi connectivity index (χ0) is 22.7. The van der Waals surface area contributed by atoms with Crippen LogP contribution in [0.15, 0.2) is 35.3 Å². The second-order valence-electron chi connectivity index (χ2n) is 9.00. The van der Waals surface area contributed by atoms with E-state index in [2.05, 4.69) is 33.9 Å². The summed E-state index contributed by atoms with van der Waals surface area (Å²) in [5, 5.41) is 0.717. The monoisotopic (exact) mass is 449 g/mol. The smallest absolute Gasteiger partial charge is 0.339 e. The normalized spacial score (nSPS) is 12.1. The Kier molecular flexibility index (Phi) is 7.72. The van der Waals surface area contributed by atoms with Gasteiger partial charge in [0.05, 0.1) is 12.7 Å². The van der Waals surface area contributed by atoms with Gasteiger partial charge in [-0.15, -0.1) is 0 Å². The summed E-state index contributed by atoms with van der Waals surface area (Å²) in [6, 6.07) is 6.92. The van der Waals surface area contributed by atoms with Crippen molar-refractivity contribution in [3.63, 3.8) is 0 Å². The van der Waals surface area contributed by atoms with Gasteiger partial charge in [0.2, 0.25) is 0 Å². The molecule has 0 atom stereocenters. The van der Waals surface area contributed by atoms with E-state index in [1.54, 1.807) is 37.4 Å². The Bertz CT molecular complexity index is 959. The van der Waals surface area contributed by atoms with Crippen LogP contribution in [0.4, 0.5) is 0 Å². The third-order valence-corrected chi connectivity index (χ3v) is 10.7. The number of carbonyl (C=O) groups is 1. The van der Waals surface area contributed by atoms with Crippen LogP contribution in [-0.2, 0) is 15.6 Å². The third-order valence-electron chi connectivity index (χ3n) is 5.93. The number of esters is 1. The molecule has 1 heterocycles. The summed E-state index contributed by atoms with van der Waals surface area (Å²) in [5.74, 6) is -0.457. The molecule has 0 spiro atoms. The van der Waals surface area contributed by atoms with Gasteiger partial charge in [-0.05, 0) is 67.7 Å². The third kappa shape index (κ3) is 5.42. The zero-order valence-corrected chi connectivity index (χ0v) is 20.7. The van der Waals surface area contributed by atoms with E-state index < -0.39 is 14.3 Å². The van der Waals surface area contributed by atoms with Crippen molar-refractivity contribution in [2.75, 3.05) is 13.7 Å². The van der Waals surface area contributed by atoms with Crippen molar-refractivity contribution in [2.24, 2.45) is 0 Å². The average Bonchev–Trinajstić information content (AvgIpc) is 2.67. The van der Waals surface area contributed by atoms with Gasteiger partial charge in [-0.25, -0.2) is 4.79 Å².